The number of rotatable bonds is 2. The molecule has 0 amide bonds. The van der Waals surface area contributed by atoms with Gasteiger partial charge in [0, 0.05) is 19.6 Å². The number of fused-ring (bicyclic) bond motifs is 3. The Hall–Kier alpha value is -0.200. The first-order valence-corrected chi connectivity index (χ1v) is 8.65. The Morgan fingerprint density at radius 3 is 2.59 bits per heavy atom. The molecule has 3 heterocycles. The molecule has 0 aromatic heterocycles. The van der Waals surface area contributed by atoms with Crippen LogP contribution in [-0.4, -0.2) is 60.0 Å². The van der Waals surface area contributed by atoms with Crippen LogP contribution in [0.4, 0.5) is 0 Å². The monoisotopic (exact) mass is 311 g/mol. The SMILES string of the molecule is CC1(C)O[C@H]2O[C@H](CN3CC4CC(C3)C(C)(C)C4)[C@H](O)[C@H]2O1. The van der Waals surface area contributed by atoms with Crippen molar-refractivity contribution in [2.75, 3.05) is 19.6 Å². The lowest BCUT2D eigenvalue weighted by atomic mass is 9.82. The fourth-order valence-corrected chi connectivity index (χ4v) is 5.04. The number of nitrogens with zero attached hydrogens (tertiary/aromatic N) is 1. The highest BCUT2D eigenvalue weighted by Gasteiger charge is 2.55. The Morgan fingerprint density at radius 2 is 1.91 bits per heavy atom. The summed E-state index contributed by atoms with van der Waals surface area (Å²) in [6.45, 7) is 11.6. The topological polar surface area (TPSA) is 51.2 Å². The smallest absolute Gasteiger partial charge is 0.190 e. The molecule has 3 saturated heterocycles. The molecule has 2 unspecified atom stereocenters. The minimum absolute atomic E-state index is 0.202. The predicted molar refractivity (Wildman–Crippen MR) is 81.1 cm³/mol. The van der Waals surface area contributed by atoms with Crippen molar-refractivity contribution < 1.29 is 19.3 Å². The van der Waals surface area contributed by atoms with E-state index in [-0.39, 0.29) is 12.2 Å². The average molecular weight is 311 g/mol. The molecular formula is C17H29NO4. The van der Waals surface area contributed by atoms with Crippen molar-refractivity contribution in [3.8, 4) is 0 Å². The van der Waals surface area contributed by atoms with Crippen LogP contribution in [0.5, 0.6) is 0 Å². The van der Waals surface area contributed by atoms with Gasteiger partial charge < -0.3 is 24.2 Å². The molecule has 0 radical (unpaired) electrons. The summed E-state index contributed by atoms with van der Waals surface area (Å²) in [6.07, 6.45) is 1.12. The maximum atomic E-state index is 10.5. The van der Waals surface area contributed by atoms with E-state index in [0.29, 0.717) is 5.41 Å². The quantitative estimate of drug-likeness (QED) is 0.839. The summed E-state index contributed by atoms with van der Waals surface area (Å²) in [5, 5.41) is 10.5. The van der Waals surface area contributed by atoms with Crippen molar-refractivity contribution in [3.05, 3.63) is 0 Å². The van der Waals surface area contributed by atoms with Crippen LogP contribution in [0.15, 0.2) is 0 Å². The van der Waals surface area contributed by atoms with Crippen LogP contribution in [0, 0.1) is 17.3 Å². The van der Waals surface area contributed by atoms with Gasteiger partial charge in [-0.25, -0.2) is 0 Å². The van der Waals surface area contributed by atoms with Crippen LogP contribution in [-0.2, 0) is 14.2 Å². The van der Waals surface area contributed by atoms with Crippen LogP contribution in [0.1, 0.15) is 40.5 Å². The second-order valence-corrected chi connectivity index (χ2v) is 8.84. The van der Waals surface area contributed by atoms with Crippen LogP contribution in [0.25, 0.3) is 0 Å². The van der Waals surface area contributed by atoms with Gasteiger partial charge in [0.1, 0.15) is 18.3 Å². The summed E-state index contributed by atoms with van der Waals surface area (Å²) >= 11 is 0. The van der Waals surface area contributed by atoms with Gasteiger partial charge in [0.25, 0.3) is 0 Å². The van der Waals surface area contributed by atoms with Crippen LogP contribution in [0.2, 0.25) is 0 Å². The summed E-state index contributed by atoms with van der Waals surface area (Å²) in [6, 6.07) is 0. The van der Waals surface area contributed by atoms with Gasteiger partial charge in [-0.15, -0.1) is 0 Å². The van der Waals surface area contributed by atoms with E-state index in [4.69, 9.17) is 14.2 Å². The minimum Gasteiger partial charge on any atom is -0.387 e. The molecule has 2 bridgehead atoms. The molecule has 0 aromatic carbocycles. The molecule has 1 N–H and O–H groups in total. The van der Waals surface area contributed by atoms with E-state index in [0.717, 1.165) is 31.5 Å². The van der Waals surface area contributed by atoms with Gasteiger partial charge in [0.05, 0.1) is 0 Å². The van der Waals surface area contributed by atoms with Crippen LogP contribution < -0.4 is 0 Å². The van der Waals surface area contributed by atoms with E-state index >= 15 is 0 Å². The van der Waals surface area contributed by atoms with E-state index < -0.39 is 18.2 Å². The normalized spacial score (nSPS) is 49.5. The number of ether oxygens (including phenoxy) is 3. The first kappa shape index (κ1) is 15.3. The van der Waals surface area contributed by atoms with E-state index in [9.17, 15) is 5.11 Å². The number of aliphatic hydroxyl groups excluding tert-OH is 1. The molecule has 4 rings (SSSR count). The maximum absolute atomic E-state index is 10.5. The highest BCUT2D eigenvalue weighted by atomic mass is 16.8. The molecule has 5 nitrogen and oxygen atoms in total. The van der Waals surface area contributed by atoms with E-state index in [1.165, 1.54) is 12.8 Å². The fourth-order valence-electron chi connectivity index (χ4n) is 5.04. The molecule has 3 aliphatic heterocycles. The van der Waals surface area contributed by atoms with Crippen molar-refractivity contribution >= 4 is 0 Å². The summed E-state index contributed by atoms with van der Waals surface area (Å²) in [5.41, 5.74) is 0.460. The molecule has 0 spiro atoms. The first-order valence-electron chi connectivity index (χ1n) is 8.65. The second-order valence-electron chi connectivity index (χ2n) is 8.84. The van der Waals surface area contributed by atoms with Crippen molar-refractivity contribution in [2.24, 2.45) is 17.3 Å². The van der Waals surface area contributed by atoms with E-state index in [1.807, 2.05) is 13.8 Å². The molecule has 4 fully saturated rings. The third-order valence-electron chi connectivity index (χ3n) is 6.09. The Labute approximate surface area is 132 Å². The van der Waals surface area contributed by atoms with Crippen molar-refractivity contribution in [1.29, 1.82) is 0 Å². The molecule has 4 aliphatic rings. The van der Waals surface area contributed by atoms with Crippen molar-refractivity contribution in [1.82, 2.24) is 4.90 Å². The molecular weight excluding hydrogens is 282 g/mol. The summed E-state index contributed by atoms with van der Waals surface area (Å²) in [7, 11) is 0. The third-order valence-corrected chi connectivity index (χ3v) is 6.09. The Balaban J connectivity index is 1.38. The zero-order valence-electron chi connectivity index (χ0n) is 14.1. The average Bonchev–Trinajstić information content (AvgIpc) is 2.90. The Morgan fingerprint density at radius 1 is 1.14 bits per heavy atom. The van der Waals surface area contributed by atoms with Crippen molar-refractivity contribution in [3.63, 3.8) is 0 Å². The number of piperidine rings is 1. The Kier molecular flexibility index (Phi) is 3.41. The summed E-state index contributed by atoms with van der Waals surface area (Å²) in [4.78, 5) is 2.48. The van der Waals surface area contributed by atoms with Gasteiger partial charge in [0.15, 0.2) is 12.1 Å². The number of likely N-dealkylation sites (tertiary alicyclic amines) is 1. The van der Waals surface area contributed by atoms with E-state index in [1.54, 1.807) is 0 Å². The predicted octanol–water partition coefficient (Wildman–Crippen LogP) is 1.59. The summed E-state index contributed by atoms with van der Waals surface area (Å²) in [5.74, 6) is 0.921. The number of hydrogen-bond donors (Lipinski definition) is 1. The third kappa shape index (κ3) is 2.51. The van der Waals surface area contributed by atoms with Gasteiger partial charge in [-0.1, -0.05) is 13.8 Å². The van der Waals surface area contributed by atoms with Gasteiger partial charge >= 0.3 is 0 Å². The molecule has 22 heavy (non-hydrogen) atoms. The van der Waals surface area contributed by atoms with Crippen molar-refractivity contribution in [2.45, 2.75) is 70.9 Å². The molecule has 0 aromatic rings. The molecule has 1 saturated carbocycles. The standard InChI is InChI=1S/C17H29NO4/c1-16(2)6-10-5-11(16)8-18(7-10)9-12-13(19)14-15(20-12)22-17(3,4)21-14/h10-15,19H,5-9H2,1-4H3/t10?,11?,12-,13+,14-,15-/m1/s1. The Bertz CT molecular complexity index is 452. The highest BCUT2D eigenvalue weighted by Crippen LogP contribution is 2.49. The lowest BCUT2D eigenvalue weighted by Crippen LogP contribution is -2.46. The van der Waals surface area contributed by atoms with Crippen LogP contribution >= 0.6 is 0 Å². The maximum Gasteiger partial charge on any atom is 0.190 e. The molecule has 5 heteroatoms. The van der Waals surface area contributed by atoms with E-state index in [2.05, 4.69) is 18.7 Å². The lowest BCUT2D eigenvalue weighted by molar-refractivity contribution is -0.216. The minimum atomic E-state index is -0.657. The van der Waals surface area contributed by atoms with Gasteiger partial charge in [-0.2, -0.15) is 0 Å². The first-order chi connectivity index (χ1) is 10.2. The molecule has 1 aliphatic carbocycles. The fraction of sp³-hybridized carbons (Fsp3) is 1.00. The molecule has 126 valence electrons. The zero-order valence-corrected chi connectivity index (χ0v) is 14.1. The van der Waals surface area contributed by atoms with Gasteiger partial charge in [-0.05, 0) is 43.9 Å². The second kappa shape index (κ2) is 4.90. The lowest BCUT2D eigenvalue weighted by Gasteiger charge is -2.36. The zero-order chi connectivity index (χ0) is 15.7. The van der Waals surface area contributed by atoms with Gasteiger partial charge in [0.2, 0.25) is 0 Å². The number of hydrogen-bond acceptors (Lipinski definition) is 5. The van der Waals surface area contributed by atoms with Crippen LogP contribution in [0.3, 0.4) is 0 Å². The highest BCUT2D eigenvalue weighted by molar-refractivity contribution is 4.99. The van der Waals surface area contributed by atoms with Gasteiger partial charge in [-0.3, -0.25) is 0 Å². The number of aliphatic hydroxyl groups is 1. The summed E-state index contributed by atoms with van der Waals surface area (Å²) < 4.78 is 17.4. The molecule has 6 atom stereocenters. The largest absolute Gasteiger partial charge is 0.387 e.